The standard InChI is InChI=1S/C17H14ClF2N3O/c18-13-5-2-6-14(20)15(13)23-9-22(11-3-1-4-11)16-12(17(23)24)7-10(19)8-21-16/h2,5-8,11H,1,3-4,9H2. The third-order valence-electron chi connectivity index (χ3n) is 4.60. The lowest BCUT2D eigenvalue weighted by atomic mass is 9.91. The van der Waals surface area contributed by atoms with Gasteiger partial charge in [0, 0.05) is 6.04 Å². The van der Waals surface area contributed by atoms with Crippen LogP contribution in [0.4, 0.5) is 20.3 Å². The Labute approximate surface area is 142 Å². The van der Waals surface area contributed by atoms with E-state index in [9.17, 15) is 13.6 Å². The van der Waals surface area contributed by atoms with Crippen LogP contribution in [0.1, 0.15) is 29.6 Å². The molecule has 0 saturated heterocycles. The molecule has 2 aromatic rings. The van der Waals surface area contributed by atoms with Crippen molar-refractivity contribution in [1.82, 2.24) is 4.98 Å². The quantitative estimate of drug-likeness (QED) is 0.822. The first-order valence-corrected chi connectivity index (χ1v) is 8.12. The fraction of sp³-hybridized carbons (Fsp3) is 0.294. The fourth-order valence-electron chi connectivity index (χ4n) is 3.15. The van der Waals surface area contributed by atoms with E-state index < -0.39 is 17.5 Å². The zero-order valence-corrected chi connectivity index (χ0v) is 13.4. The van der Waals surface area contributed by atoms with E-state index in [2.05, 4.69) is 4.98 Å². The normalized spacial score (nSPS) is 17.7. The molecule has 0 unspecified atom stereocenters. The second-order valence-electron chi connectivity index (χ2n) is 6.02. The van der Waals surface area contributed by atoms with Crippen LogP contribution in [0.15, 0.2) is 30.5 Å². The van der Waals surface area contributed by atoms with Crippen molar-refractivity contribution in [1.29, 1.82) is 0 Å². The second kappa shape index (κ2) is 5.70. The van der Waals surface area contributed by atoms with E-state index in [-0.39, 0.29) is 29.0 Å². The van der Waals surface area contributed by atoms with Crippen LogP contribution in [0.3, 0.4) is 0 Å². The number of amides is 1. The zero-order chi connectivity index (χ0) is 16.8. The molecule has 4 nitrogen and oxygen atoms in total. The number of carbonyl (C=O) groups is 1. The Bertz CT molecular complexity index is 805. The Morgan fingerprint density at radius 3 is 2.71 bits per heavy atom. The van der Waals surface area contributed by atoms with Crippen molar-refractivity contribution in [3.63, 3.8) is 0 Å². The number of anilines is 2. The Morgan fingerprint density at radius 1 is 1.25 bits per heavy atom. The molecular formula is C17H14ClF2N3O. The van der Waals surface area contributed by atoms with Gasteiger partial charge in [0.15, 0.2) is 0 Å². The molecule has 1 amide bonds. The first-order valence-electron chi connectivity index (χ1n) is 7.74. The summed E-state index contributed by atoms with van der Waals surface area (Å²) < 4.78 is 27.9. The first-order chi connectivity index (χ1) is 11.6. The van der Waals surface area contributed by atoms with Gasteiger partial charge in [0.05, 0.1) is 16.8 Å². The SMILES string of the molecule is O=C1c2cc(F)cnc2N(C2CCC2)CN1c1c(F)cccc1Cl. The zero-order valence-electron chi connectivity index (χ0n) is 12.7. The maximum atomic E-state index is 14.3. The number of aromatic nitrogens is 1. The summed E-state index contributed by atoms with van der Waals surface area (Å²) >= 11 is 6.12. The van der Waals surface area contributed by atoms with Gasteiger partial charge in [0.2, 0.25) is 0 Å². The number of pyridine rings is 1. The van der Waals surface area contributed by atoms with Crippen LogP contribution in [0.5, 0.6) is 0 Å². The highest BCUT2D eigenvalue weighted by molar-refractivity contribution is 6.34. The Kier molecular flexibility index (Phi) is 3.64. The highest BCUT2D eigenvalue weighted by atomic mass is 35.5. The minimum absolute atomic E-state index is 0.0170. The van der Waals surface area contributed by atoms with Crippen molar-refractivity contribution in [2.45, 2.75) is 25.3 Å². The number of para-hydroxylation sites is 1. The molecule has 7 heteroatoms. The van der Waals surface area contributed by atoms with Gasteiger partial charge in [0.25, 0.3) is 5.91 Å². The molecule has 0 bridgehead atoms. The van der Waals surface area contributed by atoms with Gasteiger partial charge < -0.3 is 4.90 Å². The molecule has 1 aliphatic heterocycles. The van der Waals surface area contributed by atoms with E-state index in [1.54, 1.807) is 0 Å². The third kappa shape index (κ3) is 2.33. The number of carbonyl (C=O) groups excluding carboxylic acids is 1. The van der Waals surface area contributed by atoms with Crippen molar-refractivity contribution in [2.75, 3.05) is 16.5 Å². The summed E-state index contributed by atoms with van der Waals surface area (Å²) in [6, 6.07) is 5.62. The second-order valence-corrected chi connectivity index (χ2v) is 6.43. The lowest BCUT2D eigenvalue weighted by Crippen LogP contribution is -2.53. The van der Waals surface area contributed by atoms with Gasteiger partial charge in [-0.1, -0.05) is 17.7 Å². The van der Waals surface area contributed by atoms with Gasteiger partial charge in [-0.15, -0.1) is 0 Å². The molecule has 4 rings (SSSR count). The van der Waals surface area contributed by atoms with Crippen molar-refractivity contribution < 1.29 is 13.6 Å². The third-order valence-corrected chi connectivity index (χ3v) is 4.90. The van der Waals surface area contributed by atoms with E-state index in [1.165, 1.54) is 23.1 Å². The van der Waals surface area contributed by atoms with Crippen LogP contribution in [-0.2, 0) is 0 Å². The van der Waals surface area contributed by atoms with E-state index in [4.69, 9.17) is 11.6 Å². The molecule has 2 heterocycles. The Balaban J connectivity index is 1.84. The van der Waals surface area contributed by atoms with Crippen LogP contribution in [0, 0.1) is 11.6 Å². The fourth-order valence-corrected chi connectivity index (χ4v) is 3.42. The van der Waals surface area contributed by atoms with Crippen LogP contribution in [0.2, 0.25) is 5.02 Å². The van der Waals surface area contributed by atoms with Crippen molar-refractivity contribution in [2.24, 2.45) is 0 Å². The van der Waals surface area contributed by atoms with Gasteiger partial charge in [0.1, 0.15) is 29.8 Å². The molecule has 0 radical (unpaired) electrons. The Morgan fingerprint density at radius 2 is 2.04 bits per heavy atom. The summed E-state index contributed by atoms with van der Waals surface area (Å²) in [5.41, 5.74) is 0.149. The van der Waals surface area contributed by atoms with Gasteiger partial charge in [-0.3, -0.25) is 9.69 Å². The molecule has 0 N–H and O–H groups in total. The van der Waals surface area contributed by atoms with Gasteiger partial charge in [-0.25, -0.2) is 13.8 Å². The molecule has 1 saturated carbocycles. The molecule has 1 fully saturated rings. The molecule has 1 aliphatic carbocycles. The lowest BCUT2D eigenvalue weighted by Gasteiger charge is -2.44. The average molecular weight is 350 g/mol. The van der Waals surface area contributed by atoms with Crippen molar-refractivity contribution in [3.05, 3.63) is 52.7 Å². The minimum Gasteiger partial charge on any atom is -0.335 e. The number of nitrogens with zero attached hydrogens (tertiary/aromatic N) is 3. The summed E-state index contributed by atoms with van der Waals surface area (Å²) in [6.45, 7) is 0.149. The first kappa shape index (κ1) is 15.3. The van der Waals surface area contributed by atoms with Gasteiger partial charge in [-0.2, -0.15) is 0 Å². The maximum Gasteiger partial charge on any atom is 0.263 e. The van der Waals surface area contributed by atoms with Crippen LogP contribution in [0.25, 0.3) is 0 Å². The average Bonchev–Trinajstić information content (AvgIpc) is 2.49. The summed E-state index contributed by atoms with van der Waals surface area (Å²) in [5, 5.41) is 0.143. The smallest absolute Gasteiger partial charge is 0.263 e. The summed E-state index contributed by atoms with van der Waals surface area (Å²) in [6.07, 6.45) is 4.12. The highest BCUT2D eigenvalue weighted by Gasteiger charge is 2.38. The predicted octanol–water partition coefficient (Wildman–Crippen LogP) is 3.99. The molecule has 0 atom stereocenters. The summed E-state index contributed by atoms with van der Waals surface area (Å²) in [7, 11) is 0. The van der Waals surface area contributed by atoms with Crippen molar-refractivity contribution in [3.8, 4) is 0 Å². The monoisotopic (exact) mass is 349 g/mol. The van der Waals surface area contributed by atoms with Gasteiger partial charge >= 0.3 is 0 Å². The number of halogens is 3. The number of hydrogen-bond donors (Lipinski definition) is 0. The predicted molar refractivity (Wildman–Crippen MR) is 87.4 cm³/mol. The molecule has 1 aromatic heterocycles. The number of benzene rings is 1. The molecular weight excluding hydrogens is 336 g/mol. The summed E-state index contributed by atoms with van der Waals surface area (Å²) in [4.78, 5) is 20.1. The van der Waals surface area contributed by atoms with E-state index >= 15 is 0 Å². The van der Waals surface area contributed by atoms with E-state index in [0.717, 1.165) is 31.5 Å². The molecule has 2 aliphatic rings. The van der Waals surface area contributed by atoms with Crippen LogP contribution in [-0.4, -0.2) is 23.6 Å². The number of fused-ring (bicyclic) bond motifs is 1. The summed E-state index contributed by atoms with van der Waals surface area (Å²) in [5.74, 6) is -1.23. The minimum atomic E-state index is -0.600. The highest BCUT2D eigenvalue weighted by Crippen LogP contribution is 2.38. The van der Waals surface area contributed by atoms with E-state index in [0.29, 0.717) is 5.82 Å². The number of rotatable bonds is 2. The maximum absolute atomic E-state index is 14.3. The van der Waals surface area contributed by atoms with E-state index in [1.807, 2.05) is 4.90 Å². The van der Waals surface area contributed by atoms with Crippen LogP contribution < -0.4 is 9.80 Å². The topological polar surface area (TPSA) is 36.4 Å². The molecule has 1 aromatic carbocycles. The van der Waals surface area contributed by atoms with Crippen molar-refractivity contribution >= 4 is 29.0 Å². The Hall–Kier alpha value is -2.21. The number of hydrogen-bond acceptors (Lipinski definition) is 3. The largest absolute Gasteiger partial charge is 0.335 e. The van der Waals surface area contributed by atoms with Gasteiger partial charge in [-0.05, 0) is 37.5 Å². The lowest BCUT2D eigenvalue weighted by molar-refractivity contribution is 0.0977. The molecule has 24 heavy (non-hydrogen) atoms. The molecule has 124 valence electrons. The molecule has 0 spiro atoms. The van der Waals surface area contributed by atoms with Crippen LogP contribution >= 0.6 is 11.6 Å².